The van der Waals surface area contributed by atoms with Crippen LogP contribution in [0.1, 0.15) is 51.9 Å². The van der Waals surface area contributed by atoms with Gasteiger partial charge in [-0.3, -0.25) is 4.79 Å². The Hall–Kier alpha value is -0.570. The van der Waals surface area contributed by atoms with Gasteiger partial charge in [0.05, 0.1) is 5.54 Å². The van der Waals surface area contributed by atoms with Crippen LogP contribution >= 0.6 is 0 Å². The molecule has 0 aromatic rings. The minimum atomic E-state index is -0.144. The van der Waals surface area contributed by atoms with E-state index in [0.29, 0.717) is 12.5 Å². The van der Waals surface area contributed by atoms with Crippen molar-refractivity contribution in [3.8, 4) is 0 Å². The SMILES string of the molecule is CC(CN)(NC(=O)C1CCCCC1)C1CC1. The van der Waals surface area contributed by atoms with E-state index in [-0.39, 0.29) is 17.4 Å². The van der Waals surface area contributed by atoms with Crippen molar-refractivity contribution in [3.05, 3.63) is 0 Å². The standard InChI is InChI=1S/C13H24N2O/c1-13(9-14,11-7-8-11)15-12(16)10-5-3-2-4-6-10/h10-11H,2-9,14H2,1H3,(H,15,16). The molecule has 92 valence electrons. The highest BCUT2D eigenvalue weighted by Crippen LogP contribution is 2.39. The van der Waals surface area contributed by atoms with Gasteiger partial charge in [0.2, 0.25) is 5.91 Å². The van der Waals surface area contributed by atoms with Crippen LogP contribution in [0.4, 0.5) is 0 Å². The van der Waals surface area contributed by atoms with Crippen LogP contribution in [-0.2, 0) is 4.79 Å². The van der Waals surface area contributed by atoms with E-state index in [1.807, 2.05) is 0 Å². The second kappa shape index (κ2) is 4.74. The summed E-state index contributed by atoms with van der Waals surface area (Å²) in [6, 6.07) is 0. The largest absolute Gasteiger partial charge is 0.349 e. The third kappa shape index (κ3) is 2.57. The quantitative estimate of drug-likeness (QED) is 0.765. The number of carbonyl (C=O) groups is 1. The number of nitrogens with one attached hydrogen (secondary N) is 1. The Kier molecular flexibility index (Phi) is 3.53. The first-order chi connectivity index (χ1) is 7.65. The fourth-order valence-corrected chi connectivity index (χ4v) is 2.79. The topological polar surface area (TPSA) is 55.1 Å². The van der Waals surface area contributed by atoms with Crippen LogP contribution in [0.5, 0.6) is 0 Å². The summed E-state index contributed by atoms with van der Waals surface area (Å²) in [6.07, 6.45) is 8.29. The van der Waals surface area contributed by atoms with Gasteiger partial charge in [0.25, 0.3) is 0 Å². The van der Waals surface area contributed by atoms with Gasteiger partial charge in [0.15, 0.2) is 0 Å². The molecule has 3 N–H and O–H groups in total. The van der Waals surface area contributed by atoms with Crippen molar-refractivity contribution in [2.24, 2.45) is 17.6 Å². The molecule has 2 saturated carbocycles. The van der Waals surface area contributed by atoms with Gasteiger partial charge in [0, 0.05) is 12.5 Å². The third-order valence-electron chi connectivity index (χ3n) is 4.29. The molecule has 16 heavy (non-hydrogen) atoms. The van der Waals surface area contributed by atoms with E-state index < -0.39 is 0 Å². The second-order valence-electron chi connectivity index (χ2n) is 5.72. The Morgan fingerprint density at radius 3 is 2.38 bits per heavy atom. The summed E-state index contributed by atoms with van der Waals surface area (Å²) in [4.78, 5) is 12.1. The van der Waals surface area contributed by atoms with Gasteiger partial charge in [-0.25, -0.2) is 0 Å². The number of carbonyl (C=O) groups excluding carboxylic acids is 1. The molecule has 0 aromatic carbocycles. The highest BCUT2D eigenvalue weighted by molar-refractivity contribution is 5.79. The Morgan fingerprint density at radius 2 is 1.88 bits per heavy atom. The van der Waals surface area contributed by atoms with Gasteiger partial charge >= 0.3 is 0 Å². The Labute approximate surface area is 98.2 Å². The van der Waals surface area contributed by atoms with Crippen LogP contribution in [0.2, 0.25) is 0 Å². The lowest BCUT2D eigenvalue weighted by Crippen LogP contribution is -2.54. The van der Waals surface area contributed by atoms with Gasteiger partial charge in [0.1, 0.15) is 0 Å². The lowest BCUT2D eigenvalue weighted by Gasteiger charge is -2.32. The lowest BCUT2D eigenvalue weighted by molar-refractivity contribution is -0.127. The van der Waals surface area contributed by atoms with E-state index in [1.165, 1.54) is 32.1 Å². The minimum Gasteiger partial charge on any atom is -0.349 e. The molecular weight excluding hydrogens is 200 g/mol. The lowest BCUT2D eigenvalue weighted by atomic mass is 9.87. The summed E-state index contributed by atoms with van der Waals surface area (Å²) >= 11 is 0. The highest BCUT2D eigenvalue weighted by Gasteiger charge is 2.42. The number of hydrogen-bond acceptors (Lipinski definition) is 2. The average Bonchev–Trinajstić information content (AvgIpc) is 3.14. The van der Waals surface area contributed by atoms with Crippen molar-refractivity contribution in [1.29, 1.82) is 0 Å². The molecule has 0 aromatic heterocycles. The molecule has 2 rings (SSSR count). The van der Waals surface area contributed by atoms with E-state index in [9.17, 15) is 4.79 Å². The molecule has 1 amide bonds. The third-order valence-corrected chi connectivity index (χ3v) is 4.29. The molecule has 0 saturated heterocycles. The average molecular weight is 224 g/mol. The van der Waals surface area contributed by atoms with Crippen molar-refractivity contribution < 1.29 is 4.79 Å². The molecule has 3 heteroatoms. The first kappa shape index (κ1) is 11.9. The Morgan fingerprint density at radius 1 is 1.25 bits per heavy atom. The van der Waals surface area contributed by atoms with Crippen LogP contribution in [0.15, 0.2) is 0 Å². The normalized spacial score (nSPS) is 26.1. The van der Waals surface area contributed by atoms with E-state index in [0.717, 1.165) is 12.8 Å². The van der Waals surface area contributed by atoms with E-state index in [1.54, 1.807) is 0 Å². The maximum absolute atomic E-state index is 12.1. The molecule has 0 spiro atoms. The molecule has 3 nitrogen and oxygen atoms in total. The van der Waals surface area contributed by atoms with Gasteiger partial charge in [-0.2, -0.15) is 0 Å². The zero-order valence-electron chi connectivity index (χ0n) is 10.3. The molecule has 0 aliphatic heterocycles. The van der Waals surface area contributed by atoms with Crippen LogP contribution in [0.3, 0.4) is 0 Å². The minimum absolute atomic E-state index is 0.144. The smallest absolute Gasteiger partial charge is 0.223 e. The summed E-state index contributed by atoms with van der Waals surface area (Å²) in [6.45, 7) is 2.67. The summed E-state index contributed by atoms with van der Waals surface area (Å²) in [5.41, 5.74) is 5.67. The number of rotatable bonds is 4. The molecule has 2 aliphatic carbocycles. The summed E-state index contributed by atoms with van der Waals surface area (Å²) < 4.78 is 0. The van der Waals surface area contributed by atoms with Gasteiger partial charge in [-0.05, 0) is 38.5 Å². The van der Waals surface area contributed by atoms with Crippen molar-refractivity contribution in [1.82, 2.24) is 5.32 Å². The zero-order chi connectivity index (χ0) is 11.6. The van der Waals surface area contributed by atoms with E-state index in [4.69, 9.17) is 5.73 Å². The maximum Gasteiger partial charge on any atom is 0.223 e. The molecule has 0 bridgehead atoms. The molecular formula is C13H24N2O. The maximum atomic E-state index is 12.1. The molecule has 1 unspecified atom stereocenters. The highest BCUT2D eigenvalue weighted by atomic mass is 16.2. The summed E-state index contributed by atoms with van der Waals surface area (Å²) in [5.74, 6) is 1.11. The number of amides is 1. The Balaban J connectivity index is 1.89. The fraction of sp³-hybridized carbons (Fsp3) is 0.923. The first-order valence-corrected chi connectivity index (χ1v) is 6.68. The van der Waals surface area contributed by atoms with Crippen molar-refractivity contribution in [2.75, 3.05) is 6.54 Å². The Bertz CT molecular complexity index is 257. The molecule has 0 radical (unpaired) electrons. The molecule has 1 atom stereocenters. The van der Waals surface area contributed by atoms with E-state index >= 15 is 0 Å². The first-order valence-electron chi connectivity index (χ1n) is 6.68. The van der Waals surface area contributed by atoms with E-state index in [2.05, 4.69) is 12.2 Å². The van der Waals surface area contributed by atoms with Crippen LogP contribution in [0.25, 0.3) is 0 Å². The van der Waals surface area contributed by atoms with Gasteiger partial charge in [-0.1, -0.05) is 19.3 Å². The van der Waals surface area contributed by atoms with Crippen molar-refractivity contribution >= 4 is 5.91 Å². The predicted molar refractivity (Wildman–Crippen MR) is 64.9 cm³/mol. The van der Waals surface area contributed by atoms with Crippen LogP contribution in [0, 0.1) is 11.8 Å². The molecule has 2 aliphatic rings. The summed E-state index contributed by atoms with van der Waals surface area (Å²) in [5, 5.41) is 3.21. The molecule has 0 heterocycles. The second-order valence-corrected chi connectivity index (χ2v) is 5.72. The number of nitrogens with two attached hydrogens (primary N) is 1. The van der Waals surface area contributed by atoms with Crippen molar-refractivity contribution in [2.45, 2.75) is 57.4 Å². The zero-order valence-corrected chi connectivity index (χ0v) is 10.3. The summed E-state index contributed by atoms with van der Waals surface area (Å²) in [7, 11) is 0. The predicted octanol–water partition coefficient (Wildman–Crippen LogP) is 1.81. The molecule has 2 fully saturated rings. The van der Waals surface area contributed by atoms with Crippen LogP contribution in [-0.4, -0.2) is 18.0 Å². The van der Waals surface area contributed by atoms with Crippen molar-refractivity contribution in [3.63, 3.8) is 0 Å². The number of hydrogen-bond donors (Lipinski definition) is 2. The van der Waals surface area contributed by atoms with Gasteiger partial charge < -0.3 is 11.1 Å². The monoisotopic (exact) mass is 224 g/mol. The van der Waals surface area contributed by atoms with Gasteiger partial charge in [-0.15, -0.1) is 0 Å². The fourth-order valence-electron chi connectivity index (χ4n) is 2.79. The van der Waals surface area contributed by atoms with Crippen LogP contribution < -0.4 is 11.1 Å².